The third-order valence-electron chi connectivity index (χ3n) is 4.18. The van der Waals surface area contributed by atoms with E-state index < -0.39 is 37.2 Å². The van der Waals surface area contributed by atoms with Crippen molar-refractivity contribution in [3.8, 4) is 11.5 Å². The van der Waals surface area contributed by atoms with E-state index in [-0.39, 0.29) is 29.2 Å². The van der Waals surface area contributed by atoms with Crippen molar-refractivity contribution in [1.82, 2.24) is 4.90 Å². The molecule has 5 nitrogen and oxygen atoms in total. The summed E-state index contributed by atoms with van der Waals surface area (Å²) in [5.41, 5.74) is 0.249. The molecule has 0 aromatic heterocycles. The minimum absolute atomic E-state index is 0.0466. The number of alkyl halides is 5. The first-order valence-corrected chi connectivity index (χ1v) is 8.65. The standard InChI is InChI=1S/C19H17F5N2O3/c1-2-28-14-9-5-7-12(15(14)29-18(20)21)16-25-13-8-4-3-6-11(13)17(27)26(16)10-19(22,23)24/h3-9,16,18,25H,2,10H2,1H3. The number of hydrogen-bond acceptors (Lipinski definition) is 4. The van der Waals surface area contributed by atoms with E-state index in [0.717, 1.165) is 0 Å². The van der Waals surface area contributed by atoms with Crippen LogP contribution in [0.25, 0.3) is 0 Å². The Morgan fingerprint density at radius 2 is 1.86 bits per heavy atom. The van der Waals surface area contributed by atoms with Gasteiger partial charge in [-0.1, -0.05) is 24.3 Å². The minimum atomic E-state index is -4.71. The molecule has 0 aliphatic carbocycles. The number of anilines is 1. The molecule has 29 heavy (non-hydrogen) atoms. The number of para-hydroxylation sites is 2. The highest BCUT2D eigenvalue weighted by Gasteiger charge is 2.42. The van der Waals surface area contributed by atoms with Crippen LogP contribution in [0, 0.1) is 0 Å². The summed E-state index contributed by atoms with van der Waals surface area (Å²) >= 11 is 0. The van der Waals surface area contributed by atoms with Crippen molar-refractivity contribution in [3.05, 3.63) is 53.6 Å². The van der Waals surface area contributed by atoms with E-state index in [0.29, 0.717) is 4.90 Å². The van der Waals surface area contributed by atoms with E-state index in [1.165, 1.54) is 36.4 Å². The maximum absolute atomic E-state index is 13.2. The molecule has 1 heterocycles. The molecule has 1 aliphatic heterocycles. The Morgan fingerprint density at radius 1 is 1.14 bits per heavy atom. The lowest BCUT2D eigenvalue weighted by Gasteiger charge is -2.39. The quantitative estimate of drug-likeness (QED) is 0.687. The number of carbonyl (C=O) groups excluding carboxylic acids is 1. The van der Waals surface area contributed by atoms with Crippen molar-refractivity contribution in [3.63, 3.8) is 0 Å². The second kappa shape index (κ2) is 8.14. The van der Waals surface area contributed by atoms with Crippen molar-refractivity contribution in [2.24, 2.45) is 0 Å². The van der Waals surface area contributed by atoms with Crippen LogP contribution in [0.3, 0.4) is 0 Å². The van der Waals surface area contributed by atoms with Crippen LogP contribution in [0.2, 0.25) is 0 Å². The number of fused-ring (bicyclic) bond motifs is 1. The zero-order valence-corrected chi connectivity index (χ0v) is 15.2. The lowest BCUT2D eigenvalue weighted by molar-refractivity contribution is -0.144. The smallest absolute Gasteiger partial charge is 0.406 e. The molecule has 1 unspecified atom stereocenters. The average Bonchev–Trinajstić information content (AvgIpc) is 2.64. The lowest BCUT2D eigenvalue weighted by Crippen LogP contribution is -2.47. The van der Waals surface area contributed by atoms with Gasteiger partial charge in [-0.2, -0.15) is 22.0 Å². The maximum atomic E-state index is 13.2. The zero-order valence-electron chi connectivity index (χ0n) is 15.2. The Morgan fingerprint density at radius 3 is 2.52 bits per heavy atom. The summed E-state index contributed by atoms with van der Waals surface area (Å²) in [6, 6.07) is 10.1. The molecule has 10 heteroatoms. The van der Waals surface area contributed by atoms with Crippen LogP contribution in [-0.2, 0) is 0 Å². The molecule has 0 radical (unpaired) electrons. The number of nitrogens with one attached hydrogen (secondary N) is 1. The second-order valence-electron chi connectivity index (χ2n) is 6.13. The van der Waals surface area contributed by atoms with Gasteiger partial charge in [0.05, 0.1) is 12.2 Å². The molecule has 0 bridgehead atoms. The molecule has 0 spiro atoms. The van der Waals surface area contributed by atoms with Crippen molar-refractivity contribution in [1.29, 1.82) is 0 Å². The van der Waals surface area contributed by atoms with Crippen LogP contribution in [0.4, 0.5) is 27.6 Å². The summed E-state index contributed by atoms with van der Waals surface area (Å²) in [7, 11) is 0. The van der Waals surface area contributed by atoms with E-state index in [4.69, 9.17) is 4.74 Å². The van der Waals surface area contributed by atoms with Crippen molar-refractivity contribution < 1.29 is 36.2 Å². The first-order chi connectivity index (χ1) is 13.7. The fourth-order valence-electron chi connectivity index (χ4n) is 3.13. The molecule has 3 rings (SSSR count). The first-order valence-electron chi connectivity index (χ1n) is 8.65. The van der Waals surface area contributed by atoms with E-state index in [1.807, 2.05) is 0 Å². The minimum Gasteiger partial charge on any atom is -0.490 e. The fourth-order valence-corrected chi connectivity index (χ4v) is 3.13. The Hall–Kier alpha value is -3.04. The molecule has 1 atom stereocenters. The summed E-state index contributed by atoms with van der Waals surface area (Å²) in [5.74, 6) is -1.38. The van der Waals surface area contributed by atoms with Gasteiger partial charge in [0.15, 0.2) is 11.5 Å². The highest BCUT2D eigenvalue weighted by Crippen LogP contribution is 2.42. The van der Waals surface area contributed by atoms with Gasteiger partial charge in [0, 0.05) is 11.3 Å². The highest BCUT2D eigenvalue weighted by atomic mass is 19.4. The van der Waals surface area contributed by atoms with Gasteiger partial charge in [-0.3, -0.25) is 4.79 Å². The van der Waals surface area contributed by atoms with E-state index in [1.54, 1.807) is 13.0 Å². The molecule has 1 aliphatic rings. The number of rotatable bonds is 6. The number of hydrogen-bond donors (Lipinski definition) is 1. The normalized spacial score (nSPS) is 16.4. The Bertz CT molecular complexity index is 888. The maximum Gasteiger partial charge on any atom is 0.406 e. The molecular weight excluding hydrogens is 399 g/mol. The molecule has 0 saturated carbocycles. The van der Waals surface area contributed by atoms with E-state index in [2.05, 4.69) is 10.1 Å². The van der Waals surface area contributed by atoms with Gasteiger partial charge < -0.3 is 19.7 Å². The number of halogens is 5. The SMILES string of the molecule is CCOc1cccc(C2Nc3ccccc3C(=O)N2CC(F)(F)F)c1OC(F)F. The van der Waals surface area contributed by atoms with Crippen LogP contribution in [0.5, 0.6) is 11.5 Å². The zero-order chi connectivity index (χ0) is 21.2. The van der Waals surface area contributed by atoms with Gasteiger partial charge in [-0.25, -0.2) is 0 Å². The lowest BCUT2D eigenvalue weighted by atomic mass is 10.0. The summed E-state index contributed by atoms with van der Waals surface area (Å²) in [6.45, 7) is -3.08. The molecule has 0 saturated heterocycles. The third kappa shape index (κ3) is 4.52. The molecule has 156 valence electrons. The van der Waals surface area contributed by atoms with Crippen LogP contribution in [-0.4, -0.2) is 36.7 Å². The van der Waals surface area contributed by atoms with Crippen molar-refractivity contribution in [2.45, 2.75) is 25.9 Å². The van der Waals surface area contributed by atoms with E-state index in [9.17, 15) is 26.7 Å². The predicted octanol–water partition coefficient (Wildman–Crippen LogP) is 4.82. The molecule has 0 fully saturated rings. The number of benzene rings is 2. The molecule has 2 aromatic carbocycles. The van der Waals surface area contributed by atoms with Gasteiger partial charge in [0.25, 0.3) is 5.91 Å². The second-order valence-corrected chi connectivity index (χ2v) is 6.13. The molecular formula is C19H17F5N2O3. The number of amides is 1. The topological polar surface area (TPSA) is 50.8 Å². The van der Waals surface area contributed by atoms with Crippen LogP contribution in [0.1, 0.15) is 29.0 Å². The van der Waals surface area contributed by atoms with Crippen molar-refractivity contribution in [2.75, 3.05) is 18.5 Å². The number of nitrogens with zero attached hydrogens (tertiary/aromatic N) is 1. The summed E-state index contributed by atoms with van der Waals surface area (Å²) in [6.07, 6.45) is -6.10. The van der Waals surface area contributed by atoms with Gasteiger partial charge >= 0.3 is 12.8 Å². The Balaban J connectivity index is 2.13. The van der Waals surface area contributed by atoms with Gasteiger partial charge in [-0.15, -0.1) is 0 Å². The van der Waals surface area contributed by atoms with Crippen LogP contribution >= 0.6 is 0 Å². The Kier molecular flexibility index (Phi) is 5.81. The molecule has 2 aromatic rings. The summed E-state index contributed by atoms with van der Waals surface area (Å²) in [5, 5.41) is 2.82. The molecule has 1 N–H and O–H groups in total. The van der Waals surface area contributed by atoms with Crippen LogP contribution < -0.4 is 14.8 Å². The Labute approximate surface area is 163 Å². The molecule has 1 amide bonds. The third-order valence-corrected chi connectivity index (χ3v) is 4.18. The number of ether oxygens (including phenoxy) is 2. The first kappa shape index (κ1) is 20.7. The van der Waals surface area contributed by atoms with Crippen molar-refractivity contribution >= 4 is 11.6 Å². The van der Waals surface area contributed by atoms with Gasteiger partial charge in [-0.05, 0) is 25.1 Å². The summed E-state index contributed by atoms with van der Waals surface area (Å²) in [4.78, 5) is 13.3. The van der Waals surface area contributed by atoms with E-state index >= 15 is 0 Å². The predicted molar refractivity (Wildman–Crippen MR) is 94.1 cm³/mol. The van der Waals surface area contributed by atoms with Gasteiger partial charge in [0.1, 0.15) is 12.7 Å². The van der Waals surface area contributed by atoms with Gasteiger partial charge in [0.2, 0.25) is 0 Å². The largest absolute Gasteiger partial charge is 0.490 e. The van der Waals surface area contributed by atoms with Crippen LogP contribution in [0.15, 0.2) is 42.5 Å². The number of carbonyl (C=O) groups is 1. The average molecular weight is 416 g/mol. The fraction of sp³-hybridized carbons (Fsp3) is 0.316. The monoisotopic (exact) mass is 416 g/mol. The highest BCUT2D eigenvalue weighted by molar-refractivity contribution is 6.01. The summed E-state index contributed by atoms with van der Waals surface area (Å²) < 4.78 is 75.5.